The normalized spacial score (nSPS) is 12.5. The van der Waals surface area contributed by atoms with Gasteiger partial charge in [0, 0.05) is 23.6 Å². The number of benzene rings is 8. The molecule has 0 aliphatic heterocycles. The highest BCUT2D eigenvalue weighted by Crippen LogP contribution is 2.57. The Kier molecular flexibility index (Phi) is 9.90. The molecule has 8 nitrogen and oxygen atoms in total. The molecule has 71 heavy (non-hydrogen) atoms. The van der Waals surface area contributed by atoms with E-state index in [-0.39, 0.29) is 34.0 Å². The summed E-state index contributed by atoms with van der Waals surface area (Å²) in [5.41, 5.74) is 4.11. The number of alkyl halides is 6. The molecule has 0 aliphatic carbocycles. The second-order valence-electron chi connectivity index (χ2n) is 17.4. The Labute approximate surface area is 398 Å². The van der Waals surface area contributed by atoms with Gasteiger partial charge in [-0.15, -0.1) is 0 Å². The lowest BCUT2D eigenvalue weighted by Gasteiger charge is -2.38. The standard InChI is InChI=1S/C57H34F6N4O4/c1-31-3-5-33(6-4-31)34-7-13-37(14-8-34)52-65-44-23-21-42(29-50(44)70-52)55(56(58,59)60,57(61,62)63)43-22-24-45-51(30-43)71-53(66-45)38-15-9-35(10-16-38)36-11-17-39(18-12-36)54-67-47-28-41(20-26-49(47)69-54)40-19-25-48-46(27-40)64-32(2)68-48/h3-30H,1-2H3. The van der Waals surface area contributed by atoms with Gasteiger partial charge in [0.05, 0.1) is 0 Å². The van der Waals surface area contributed by atoms with Gasteiger partial charge in [-0.05, 0) is 136 Å². The van der Waals surface area contributed by atoms with Crippen LogP contribution in [0.2, 0.25) is 0 Å². The third-order valence-corrected chi connectivity index (χ3v) is 12.8. The van der Waals surface area contributed by atoms with Crippen molar-refractivity contribution in [2.45, 2.75) is 31.6 Å². The summed E-state index contributed by atoms with van der Waals surface area (Å²) < 4.78 is 116. The van der Waals surface area contributed by atoms with Crippen LogP contribution in [0.5, 0.6) is 0 Å². The third-order valence-electron chi connectivity index (χ3n) is 12.8. The summed E-state index contributed by atoms with van der Waals surface area (Å²) in [5, 5.41) is 0. The molecule has 0 unspecified atom stereocenters. The summed E-state index contributed by atoms with van der Waals surface area (Å²) >= 11 is 0. The van der Waals surface area contributed by atoms with Gasteiger partial charge in [0.1, 0.15) is 22.1 Å². The van der Waals surface area contributed by atoms with Crippen LogP contribution < -0.4 is 0 Å². The minimum atomic E-state index is -5.86. The highest BCUT2D eigenvalue weighted by atomic mass is 19.4. The van der Waals surface area contributed by atoms with Crippen molar-refractivity contribution in [1.82, 2.24) is 19.9 Å². The number of rotatable bonds is 8. The van der Waals surface area contributed by atoms with E-state index in [9.17, 15) is 0 Å². The number of halogens is 6. The van der Waals surface area contributed by atoms with Gasteiger partial charge < -0.3 is 17.7 Å². The molecule has 12 rings (SSSR count). The van der Waals surface area contributed by atoms with Gasteiger partial charge in [0.2, 0.25) is 23.1 Å². The fourth-order valence-corrected chi connectivity index (χ4v) is 9.16. The molecule has 4 heterocycles. The number of oxazole rings is 4. The Morgan fingerprint density at radius 3 is 1.07 bits per heavy atom. The lowest BCUT2D eigenvalue weighted by Crippen LogP contribution is -2.54. The Morgan fingerprint density at radius 1 is 0.310 bits per heavy atom. The molecule has 0 fully saturated rings. The van der Waals surface area contributed by atoms with E-state index in [2.05, 4.69) is 15.0 Å². The molecular weight excluding hydrogens is 919 g/mol. The van der Waals surface area contributed by atoms with Gasteiger partial charge in [0.25, 0.3) is 0 Å². The van der Waals surface area contributed by atoms with Crippen LogP contribution in [0, 0.1) is 13.8 Å². The van der Waals surface area contributed by atoms with E-state index in [1.165, 1.54) is 0 Å². The van der Waals surface area contributed by atoms with Crippen molar-refractivity contribution in [3.63, 3.8) is 0 Å². The van der Waals surface area contributed by atoms with Gasteiger partial charge in [-0.25, -0.2) is 19.9 Å². The molecule has 0 saturated carbocycles. The monoisotopic (exact) mass is 952 g/mol. The van der Waals surface area contributed by atoms with Crippen molar-refractivity contribution < 1.29 is 44.0 Å². The number of aryl methyl sites for hydroxylation is 2. The number of hydrogen-bond donors (Lipinski definition) is 0. The van der Waals surface area contributed by atoms with E-state index in [1.807, 2.05) is 123 Å². The first-order valence-corrected chi connectivity index (χ1v) is 22.3. The maximum absolute atomic E-state index is 15.4. The van der Waals surface area contributed by atoms with E-state index < -0.39 is 28.9 Å². The van der Waals surface area contributed by atoms with Crippen LogP contribution in [0.25, 0.3) is 112 Å². The van der Waals surface area contributed by atoms with Crippen molar-refractivity contribution in [1.29, 1.82) is 0 Å². The first kappa shape index (κ1) is 43.5. The van der Waals surface area contributed by atoms with Gasteiger partial charge in [-0.2, -0.15) is 26.3 Å². The summed E-state index contributed by atoms with van der Waals surface area (Å²) in [7, 11) is 0. The van der Waals surface area contributed by atoms with E-state index in [0.717, 1.165) is 92.0 Å². The number of fused-ring (bicyclic) bond motifs is 4. The average Bonchev–Trinajstić information content (AvgIpc) is 4.17. The molecule has 14 heteroatoms. The van der Waals surface area contributed by atoms with Crippen molar-refractivity contribution in [3.05, 3.63) is 192 Å². The Balaban J connectivity index is 0.802. The van der Waals surface area contributed by atoms with Crippen molar-refractivity contribution >= 4 is 44.4 Å². The number of hydrogen-bond acceptors (Lipinski definition) is 8. The van der Waals surface area contributed by atoms with Gasteiger partial charge in [-0.1, -0.05) is 90.5 Å². The molecule has 8 aromatic carbocycles. The second-order valence-corrected chi connectivity index (χ2v) is 17.4. The topological polar surface area (TPSA) is 104 Å². The zero-order chi connectivity index (χ0) is 48.8. The second kappa shape index (κ2) is 16.2. The SMILES string of the molecule is Cc1ccc(-c2ccc(-c3nc4ccc(C(c5ccc6nc(-c7ccc(-c8ccc(-c9nc%10cc(-c%11ccc%12oc(C)nc%12c%11)ccc%10o9)cc8)cc7)oc6c5)(C(F)(F)F)C(F)(F)F)cc4o3)cc2)cc1. The Morgan fingerprint density at radius 2 is 0.648 bits per heavy atom. The molecule has 0 N–H and O–H groups in total. The van der Waals surface area contributed by atoms with Gasteiger partial charge >= 0.3 is 12.4 Å². The van der Waals surface area contributed by atoms with Crippen LogP contribution in [0.15, 0.2) is 188 Å². The van der Waals surface area contributed by atoms with Crippen LogP contribution in [-0.4, -0.2) is 32.3 Å². The zero-order valence-corrected chi connectivity index (χ0v) is 37.4. The summed E-state index contributed by atoms with van der Waals surface area (Å²) in [4.78, 5) is 18.0. The molecule has 0 amide bonds. The van der Waals surface area contributed by atoms with E-state index in [4.69, 9.17) is 22.7 Å². The molecule has 0 aliphatic rings. The maximum atomic E-state index is 15.4. The number of nitrogens with zero attached hydrogens (tertiary/aromatic N) is 4. The van der Waals surface area contributed by atoms with E-state index in [1.54, 1.807) is 24.3 Å². The maximum Gasteiger partial charge on any atom is 0.411 e. The summed E-state index contributed by atoms with van der Waals surface area (Å²) in [6.45, 7) is 3.79. The Hall–Kier alpha value is -8.78. The highest BCUT2D eigenvalue weighted by Gasteiger charge is 2.72. The molecule has 0 bridgehead atoms. The smallest absolute Gasteiger partial charge is 0.411 e. The lowest BCUT2D eigenvalue weighted by atomic mass is 9.72. The lowest BCUT2D eigenvalue weighted by molar-refractivity contribution is -0.288. The third kappa shape index (κ3) is 7.50. The van der Waals surface area contributed by atoms with Crippen LogP contribution in [0.1, 0.15) is 22.6 Å². The molecule has 4 aromatic heterocycles. The highest BCUT2D eigenvalue weighted by molar-refractivity contribution is 5.87. The molecule has 0 spiro atoms. The average molecular weight is 953 g/mol. The predicted octanol–water partition coefficient (Wildman–Crippen LogP) is 16.3. The first-order chi connectivity index (χ1) is 34.2. The van der Waals surface area contributed by atoms with Crippen LogP contribution >= 0.6 is 0 Å². The zero-order valence-electron chi connectivity index (χ0n) is 37.4. The van der Waals surface area contributed by atoms with Crippen molar-refractivity contribution in [2.75, 3.05) is 0 Å². The molecule has 348 valence electrons. The fraction of sp³-hybridized carbons (Fsp3) is 0.0877. The van der Waals surface area contributed by atoms with Crippen LogP contribution in [0.4, 0.5) is 26.3 Å². The van der Waals surface area contributed by atoms with Gasteiger partial charge in [-0.3, -0.25) is 0 Å². The van der Waals surface area contributed by atoms with E-state index >= 15 is 26.3 Å². The number of aromatic nitrogens is 4. The fourth-order valence-electron chi connectivity index (χ4n) is 9.16. The minimum absolute atomic E-state index is 0.0130. The largest absolute Gasteiger partial charge is 0.441 e. The van der Waals surface area contributed by atoms with Crippen molar-refractivity contribution in [3.8, 4) is 67.7 Å². The quantitative estimate of drug-likeness (QED) is 0.139. The van der Waals surface area contributed by atoms with Crippen LogP contribution in [-0.2, 0) is 5.41 Å². The van der Waals surface area contributed by atoms with Crippen LogP contribution in [0.3, 0.4) is 0 Å². The minimum Gasteiger partial charge on any atom is -0.441 e. The molecular formula is C57H34F6N4O4. The summed E-state index contributed by atoms with van der Waals surface area (Å²) in [6.07, 6.45) is -11.7. The molecule has 12 aromatic rings. The predicted molar refractivity (Wildman–Crippen MR) is 258 cm³/mol. The molecule has 0 radical (unpaired) electrons. The van der Waals surface area contributed by atoms with Gasteiger partial charge in [0.15, 0.2) is 28.2 Å². The summed E-state index contributed by atoms with van der Waals surface area (Å²) in [6, 6.07) is 46.6. The van der Waals surface area contributed by atoms with E-state index in [0.29, 0.717) is 34.0 Å². The van der Waals surface area contributed by atoms with Crippen molar-refractivity contribution in [2.24, 2.45) is 0 Å². The Bertz CT molecular complexity index is 3970. The molecule has 0 saturated heterocycles. The first-order valence-electron chi connectivity index (χ1n) is 22.3. The molecule has 0 atom stereocenters. The summed E-state index contributed by atoms with van der Waals surface area (Å²) in [5.74, 6) is 1.10.